The second-order valence-corrected chi connectivity index (χ2v) is 5.56. The summed E-state index contributed by atoms with van der Waals surface area (Å²) in [5.41, 5.74) is 2.02. The Labute approximate surface area is 145 Å². The Morgan fingerprint density at radius 3 is 2.23 bits per heavy atom. The number of hydrogen-bond acceptors (Lipinski definition) is 2. The van der Waals surface area contributed by atoms with E-state index in [-0.39, 0.29) is 24.8 Å². The van der Waals surface area contributed by atoms with E-state index < -0.39 is 0 Å². The highest BCUT2D eigenvalue weighted by Crippen LogP contribution is 2.14. The summed E-state index contributed by atoms with van der Waals surface area (Å²) in [4.78, 5) is 12.3. The first-order chi connectivity index (χ1) is 9.56. The van der Waals surface area contributed by atoms with E-state index in [9.17, 15) is 0 Å². The summed E-state index contributed by atoms with van der Waals surface area (Å²) < 4.78 is 2.26. The number of aryl methyl sites for hydroxylation is 1. The van der Waals surface area contributed by atoms with E-state index >= 15 is 0 Å². The van der Waals surface area contributed by atoms with Gasteiger partial charge >= 0.3 is 0 Å². The number of halogens is 2. The largest absolute Gasteiger partial charge is 1.00 e. The molecule has 0 unspecified atom stereocenters. The smallest absolute Gasteiger partial charge is 0.227 e. The minimum Gasteiger partial charge on any atom is -1.00 e. The van der Waals surface area contributed by atoms with Gasteiger partial charge in [-0.15, -0.1) is 0 Å². The third-order valence-electron chi connectivity index (χ3n) is 3.98. The second-order valence-electron chi connectivity index (χ2n) is 5.56. The molecule has 5 nitrogen and oxygen atoms in total. The number of imidazole rings is 1. The maximum absolute atomic E-state index is 4.78. The first-order valence-electron chi connectivity index (χ1n) is 7.54. The number of fused-ring (bicyclic) bond motifs is 1. The molecule has 7 heteroatoms. The van der Waals surface area contributed by atoms with Crippen LogP contribution in [-0.2, 0) is 6.54 Å². The molecule has 0 fully saturated rings. The first-order valence-corrected chi connectivity index (χ1v) is 7.54. The van der Waals surface area contributed by atoms with Crippen LogP contribution in [-0.4, -0.2) is 48.3 Å². The molecule has 0 aliphatic heterocycles. The maximum Gasteiger partial charge on any atom is 0.227 e. The number of aromatic nitrogens is 3. The highest BCUT2D eigenvalue weighted by molar-refractivity contribution is 5.72. The van der Waals surface area contributed by atoms with Gasteiger partial charge in [0.15, 0.2) is 5.65 Å². The zero-order valence-corrected chi connectivity index (χ0v) is 15.6. The van der Waals surface area contributed by atoms with E-state index in [2.05, 4.69) is 56.6 Å². The fraction of sp³-hybridized carbons (Fsp3) is 0.600. The number of rotatable bonds is 6. The Hall–Kier alpha value is -0.880. The lowest BCUT2D eigenvalue weighted by Crippen LogP contribution is -3.11. The number of pyridine rings is 1. The Bertz CT molecular complexity index is 579. The van der Waals surface area contributed by atoms with Gasteiger partial charge in [-0.2, -0.15) is 4.98 Å². The van der Waals surface area contributed by atoms with Crippen LogP contribution < -0.4 is 34.6 Å². The first kappa shape index (κ1) is 21.1. The normalized spacial score (nSPS) is 10.9. The van der Waals surface area contributed by atoms with Crippen molar-refractivity contribution in [3.63, 3.8) is 0 Å². The summed E-state index contributed by atoms with van der Waals surface area (Å²) in [5.74, 6) is 2.12. The van der Waals surface area contributed by atoms with Gasteiger partial charge in [0.2, 0.25) is 5.82 Å². The molecule has 0 bridgehead atoms. The van der Waals surface area contributed by atoms with Gasteiger partial charge in [0.05, 0.1) is 40.3 Å². The van der Waals surface area contributed by atoms with Crippen molar-refractivity contribution in [2.75, 3.05) is 33.7 Å². The maximum atomic E-state index is 4.78. The molecule has 0 atom stereocenters. The zero-order valence-electron chi connectivity index (χ0n) is 14.1. The van der Waals surface area contributed by atoms with Crippen molar-refractivity contribution < 1.29 is 34.6 Å². The Kier molecular flexibility index (Phi) is 8.93. The molecule has 2 rings (SSSR count). The number of nitrogens with one attached hydrogen (secondary N) is 2. The van der Waals surface area contributed by atoms with Crippen LogP contribution in [0, 0.1) is 6.92 Å². The highest BCUT2D eigenvalue weighted by atomic mass is 35.5. The molecule has 2 aromatic rings. The van der Waals surface area contributed by atoms with Crippen molar-refractivity contribution in [3.05, 3.63) is 18.0 Å². The highest BCUT2D eigenvalue weighted by Gasteiger charge is 2.13. The molecule has 0 spiro atoms. The summed E-state index contributed by atoms with van der Waals surface area (Å²) in [7, 11) is 4.20. The van der Waals surface area contributed by atoms with Gasteiger partial charge in [-0.1, -0.05) is 0 Å². The van der Waals surface area contributed by atoms with Crippen LogP contribution in [0.5, 0.6) is 0 Å². The molecule has 22 heavy (non-hydrogen) atoms. The lowest BCUT2D eigenvalue weighted by atomic mass is 10.4. The third kappa shape index (κ3) is 4.56. The van der Waals surface area contributed by atoms with Gasteiger partial charge in [0.25, 0.3) is 0 Å². The molecule has 0 aliphatic carbocycles. The summed E-state index contributed by atoms with van der Waals surface area (Å²) in [6.45, 7) is 11.0. The lowest BCUT2D eigenvalue weighted by Gasteiger charge is -2.16. The number of likely N-dealkylation sites (N-methyl/N-ethyl adjacent to an activating group) is 1. The number of nitrogens with zero attached hydrogens (tertiary/aromatic N) is 3. The molecule has 0 radical (unpaired) electrons. The van der Waals surface area contributed by atoms with E-state index in [1.807, 2.05) is 0 Å². The molecule has 0 aromatic carbocycles. The van der Waals surface area contributed by atoms with Crippen molar-refractivity contribution in [2.24, 2.45) is 0 Å². The minimum atomic E-state index is 0. The number of quaternary nitrogens is 2. The van der Waals surface area contributed by atoms with E-state index in [0.29, 0.717) is 0 Å². The molecule has 2 aromatic heterocycles. The van der Waals surface area contributed by atoms with Crippen molar-refractivity contribution >= 4 is 17.0 Å². The molecule has 0 saturated carbocycles. The van der Waals surface area contributed by atoms with E-state index in [0.717, 1.165) is 35.9 Å². The third-order valence-corrected chi connectivity index (χ3v) is 3.98. The Balaban J connectivity index is 0.00000220. The van der Waals surface area contributed by atoms with Crippen LogP contribution in [0.15, 0.2) is 12.1 Å². The van der Waals surface area contributed by atoms with Crippen molar-refractivity contribution in [1.82, 2.24) is 14.5 Å². The van der Waals surface area contributed by atoms with E-state index in [1.165, 1.54) is 18.0 Å². The van der Waals surface area contributed by atoms with Gasteiger partial charge < -0.3 is 34.3 Å². The lowest BCUT2D eigenvalue weighted by molar-refractivity contribution is -0.897. The molecule has 2 heterocycles. The monoisotopic (exact) mass is 347 g/mol. The molecule has 2 N–H and O–H groups in total. The average Bonchev–Trinajstić information content (AvgIpc) is 2.75. The molecule has 0 amide bonds. The minimum absolute atomic E-state index is 0. The molecule has 126 valence electrons. The SMILES string of the molecule is CC[NH+](CC)CCn1c(C)nc2ccc([NH+](C)C)nc21.[Cl-].[Cl-]. The molecular formula is C15H27Cl2N5. The Morgan fingerprint density at radius 1 is 1.05 bits per heavy atom. The average molecular weight is 348 g/mol. The predicted molar refractivity (Wildman–Crippen MR) is 81.6 cm³/mol. The second kappa shape index (κ2) is 9.30. The predicted octanol–water partition coefficient (Wildman–Crippen LogP) is -6.55. The molecule has 0 aliphatic rings. The van der Waals surface area contributed by atoms with Gasteiger partial charge in [-0.3, -0.25) is 4.90 Å². The van der Waals surface area contributed by atoms with Crippen molar-refractivity contribution in [3.8, 4) is 0 Å². The summed E-state index contributed by atoms with van der Waals surface area (Å²) in [6.07, 6.45) is 0. The topological polar surface area (TPSA) is 39.6 Å². The van der Waals surface area contributed by atoms with Crippen LogP contribution in [0.25, 0.3) is 11.2 Å². The molecular weight excluding hydrogens is 321 g/mol. The van der Waals surface area contributed by atoms with Crippen LogP contribution in [0.1, 0.15) is 19.7 Å². The van der Waals surface area contributed by atoms with Gasteiger partial charge in [-0.05, 0) is 26.8 Å². The van der Waals surface area contributed by atoms with Gasteiger partial charge in [0, 0.05) is 6.07 Å². The Morgan fingerprint density at radius 2 is 1.68 bits per heavy atom. The van der Waals surface area contributed by atoms with E-state index in [4.69, 9.17) is 4.98 Å². The fourth-order valence-corrected chi connectivity index (χ4v) is 2.53. The summed E-state index contributed by atoms with van der Waals surface area (Å²) in [6, 6.07) is 4.14. The standard InChI is InChI=1S/C15H25N5.2ClH/c1-6-19(7-2)10-11-20-12(3)16-13-8-9-14(18(4)5)17-15(13)20;;/h8-9H,6-7,10-11H2,1-5H3;2*1H. The van der Waals surface area contributed by atoms with Gasteiger partial charge in [-0.25, -0.2) is 4.98 Å². The zero-order chi connectivity index (χ0) is 14.7. The van der Waals surface area contributed by atoms with Crippen LogP contribution in [0.2, 0.25) is 0 Å². The van der Waals surface area contributed by atoms with Crippen LogP contribution in [0.4, 0.5) is 5.82 Å². The fourth-order valence-electron chi connectivity index (χ4n) is 2.53. The van der Waals surface area contributed by atoms with Crippen LogP contribution >= 0.6 is 0 Å². The summed E-state index contributed by atoms with van der Waals surface area (Å²) >= 11 is 0. The van der Waals surface area contributed by atoms with Crippen LogP contribution in [0.3, 0.4) is 0 Å². The van der Waals surface area contributed by atoms with Crippen molar-refractivity contribution in [2.45, 2.75) is 27.3 Å². The molecule has 0 saturated heterocycles. The number of hydrogen-bond donors (Lipinski definition) is 2. The van der Waals surface area contributed by atoms with Gasteiger partial charge in [0.1, 0.15) is 11.3 Å². The van der Waals surface area contributed by atoms with Crippen molar-refractivity contribution in [1.29, 1.82) is 0 Å². The van der Waals surface area contributed by atoms with E-state index in [1.54, 1.807) is 4.90 Å². The summed E-state index contributed by atoms with van der Waals surface area (Å²) in [5, 5.41) is 0. The quantitative estimate of drug-likeness (QED) is 0.545.